The lowest BCUT2D eigenvalue weighted by atomic mass is 10.1. The smallest absolute Gasteiger partial charge is 0.254 e. The highest BCUT2D eigenvalue weighted by Gasteiger charge is 2.14. The van der Waals surface area contributed by atoms with Crippen molar-refractivity contribution in [3.63, 3.8) is 0 Å². The van der Waals surface area contributed by atoms with E-state index in [4.69, 9.17) is 4.42 Å². The standard InChI is InChI=1S/C17H17N3O2/c1-12-6-7-16(22-12)11-20(2)17(21)14-5-3-4-13(8-14)15-9-18-19-10-15/h3-10H,11H2,1-2H3,(H,18,19). The van der Waals surface area contributed by atoms with Crippen LogP contribution >= 0.6 is 0 Å². The molecule has 3 rings (SSSR count). The van der Waals surface area contributed by atoms with Crippen LogP contribution in [-0.2, 0) is 6.54 Å². The van der Waals surface area contributed by atoms with Gasteiger partial charge in [-0.2, -0.15) is 5.10 Å². The highest BCUT2D eigenvalue weighted by molar-refractivity contribution is 5.95. The van der Waals surface area contributed by atoms with Crippen molar-refractivity contribution in [2.45, 2.75) is 13.5 Å². The number of nitrogens with one attached hydrogen (secondary N) is 1. The average Bonchev–Trinajstić information content (AvgIpc) is 3.18. The predicted molar refractivity (Wildman–Crippen MR) is 83.3 cm³/mol. The Bertz CT molecular complexity index is 775. The molecule has 1 amide bonds. The first-order valence-corrected chi connectivity index (χ1v) is 7.03. The van der Waals surface area contributed by atoms with Gasteiger partial charge in [-0.3, -0.25) is 9.89 Å². The zero-order chi connectivity index (χ0) is 15.5. The summed E-state index contributed by atoms with van der Waals surface area (Å²) in [6.07, 6.45) is 3.54. The molecule has 0 spiro atoms. The van der Waals surface area contributed by atoms with Crippen molar-refractivity contribution < 1.29 is 9.21 Å². The maximum absolute atomic E-state index is 12.5. The number of amides is 1. The lowest BCUT2D eigenvalue weighted by Crippen LogP contribution is -2.25. The monoisotopic (exact) mass is 295 g/mol. The molecule has 1 aromatic carbocycles. The maximum atomic E-state index is 12.5. The highest BCUT2D eigenvalue weighted by atomic mass is 16.3. The quantitative estimate of drug-likeness (QED) is 0.803. The zero-order valence-corrected chi connectivity index (χ0v) is 12.5. The fourth-order valence-electron chi connectivity index (χ4n) is 2.34. The predicted octanol–water partition coefficient (Wildman–Crippen LogP) is 3.25. The molecule has 1 N–H and O–H groups in total. The summed E-state index contributed by atoms with van der Waals surface area (Å²) in [5.74, 6) is 1.58. The molecule has 112 valence electrons. The van der Waals surface area contributed by atoms with E-state index in [1.165, 1.54) is 0 Å². The summed E-state index contributed by atoms with van der Waals surface area (Å²) in [5.41, 5.74) is 2.56. The van der Waals surface area contributed by atoms with Gasteiger partial charge in [-0.25, -0.2) is 0 Å². The summed E-state index contributed by atoms with van der Waals surface area (Å²) in [4.78, 5) is 14.2. The van der Waals surface area contributed by atoms with Gasteiger partial charge in [-0.15, -0.1) is 0 Å². The fraction of sp³-hybridized carbons (Fsp3) is 0.176. The average molecular weight is 295 g/mol. The molecule has 0 atom stereocenters. The van der Waals surface area contributed by atoms with Gasteiger partial charge in [0.15, 0.2) is 0 Å². The first kappa shape index (κ1) is 14.1. The Balaban J connectivity index is 1.78. The van der Waals surface area contributed by atoms with Gasteiger partial charge in [0.05, 0.1) is 12.7 Å². The third-order valence-corrected chi connectivity index (χ3v) is 3.48. The van der Waals surface area contributed by atoms with Crippen LogP contribution < -0.4 is 0 Å². The number of hydrogen-bond donors (Lipinski definition) is 1. The Morgan fingerprint density at radius 1 is 1.27 bits per heavy atom. The minimum atomic E-state index is -0.0422. The fourth-order valence-corrected chi connectivity index (χ4v) is 2.34. The molecular formula is C17H17N3O2. The van der Waals surface area contributed by atoms with E-state index < -0.39 is 0 Å². The van der Waals surface area contributed by atoms with Crippen LogP contribution in [-0.4, -0.2) is 28.1 Å². The van der Waals surface area contributed by atoms with Gasteiger partial charge in [0.2, 0.25) is 0 Å². The van der Waals surface area contributed by atoms with E-state index in [1.54, 1.807) is 24.3 Å². The van der Waals surface area contributed by atoms with E-state index >= 15 is 0 Å². The number of H-pyrrole nitrogens is 1. The van der Waals surface area contributed by atoms with Crippen LogP contribution in [0.3, 0.4) is 0 Å². The van der Waals surface area contributed by atoms with Crippen LogP contribution in [0.4, 0.5) is 0 Å². The minimum absolute atomic E-state index is 0.0422. The second-order valence-electron chi connectivity index (χ2n) is 5.24. The summed E-state index contributed by atoms with van der Waals surface area (Å²) in [5, 5.41) is 6.71. The van der Waals surface area contributed by atoms with E-state index in [-0.39, 0.29) is 5.91 Å². The number of aromatic amines is 1. The summed E-state index contributed by atoms with van der Waals surface area (Å²) in [6, 6.07) is 11.3. The van der Waals surface area contributed by atoms with Crippen molar-refractivity contribution in [1.82, 2.24) is 15.1 Å². The third kappa shape index (κ3) is 2.93. The van der Waals surface area contributed by atoms with E-state index in [2.05, 4.69) is 10.2 Å². The van der Waals surface area contributed by atoms with E-state index in [9.17, 15) is 4.79 Å². The molecule has 0 saturated carbocycles. The third-order valence-electron chi connectivity index (χ3n) is 3.48. The van der Waals surface area contributed by atoms with Gasteiger partial charge in [0.1, 0.15) is 11.5 Å². The van der Waals surface area contributed by atoms with Crippen LogP contribution in [0.5, 0.6) is 0 Å². The summed E-state index contributed by atoms with van der Waals surface area (Å²) >= 11 is 0. The van der Waals surface area contributed by atoms with Crippen LogP contribution in [0.15, 0.2) is 53.2 Å². The number of carbonyl (C=O) groups excluding carboxylic acids is 1. The van der Waals surface area contributed by atoms with Crippen molar-refractivity contribution >= 4 is 5.91 Å². The van der Waals surface area contributed by atoms with Gasteiger partial charge in [-0.1, -0.05) is 12.1 Å². The Labute approximate surface area is 128 Å². The maximum Gasteiger partial charge on any atom is 0.254 e. The Kier molecular flexibility index (Phi) is 3.78. The van der Waals surface area contributed by atoms with Gasteiger partial charge in [0, 0.05) is 24.4 Å². The Morgan fingerprint density at radius 3 is 2.82 bits per heavy atom. The molecule has 22 heavy (non-hydrogen) atoms. The second-order valence-corrected chi connectivity index (χ2v) is 5.24. The first-order chi connectivity index (χ1) is 10.6. The SMILES string of the molecule is Cc1ccc(CN(C)C(=O)c2cccc(-c3cn[nH]c3)c2)o1. The molecule has 0 saturated heterocycles. The van der Waals surface area contributed by atoms with E-state index in [0.717, 1.165) is 22.6 Å². The second kappa shape index (κ2) is 5.89. The van der Waals surface area contributed by atoms with E-state index in [1.807, 2.05) is 43.3 Å². The molecule has 2 aromatic heterocycles. The highest BCUT2D eigenvalue weighted by Crippen LogP contribution is 2.20. The number of carbonyl (C=O) groups is 1. The molecule has 3 aromatic rings. The molecular weight excluding hydrogens is 278 g/mol. The molecule has 5 nitrogen and oxygen atoms in total. The Morgan fingerprint density at radius 2 is 2.14 bits per heavy atom. The van der Waals surface area contributed by atoms with E-state index in [0.29, 0.717) is 12.1 Å². The van der Waals surface area contributed by atoms with Crippen molar-refractivity contribution in [3.8, 4) is 11.1 Å². The normalized spacial score (nSPS) is 10.6. The zero-order valence-electron chi connectivity index (χ0n) is 12.5. The van der Waals surface area contributed by atoms with Gasteiger partial charge >= 0.3 is 0 Å². The van der Waals surface area contributed by atoms with Crippen molar-refractivity contribution in [2.24, 2.45) is 0 Å². The minimum Gasteiger partial charge on any atom is -0.464 e. The number of aromatic nitrogens is 2. The largest absolute Gasteiger partial charge is 0.464 e. The number of rotatable bonds is 4. The molecule has 2 heterocycles. The topological polar surface area (TPSA) is 62.1 Å². The number of nitrogens with zero attached hydrogens (tertiary/aromatic N) is 2. The van der Waals surface area contributed by atoms with Crippen LogP contribution in [0, 0.1) is 6.92 Å². The van der Waals surface area contributed by atoms with Crippen molar-refractivity contribution in [3.05, 3.63) is 65.9 Å². The molecule has 0 aliphatic heterocycles. The lowest BCUT2D eigenvalue weighted by molar-refractivity contribution is 0.0775. The molecule has 0 aliphatic carbocycles. The van der Waals surface area contributed by atoms with Crippen molar-refractivity contribution in [2.75, 3.05) is 7.05 Å². The lowest BCUT2D eigenvalue weighted by Gasteiger charge is -2.16. The summed E-state index contributed by atoms with van der Waals surface area (Å²) in [6.45, 7) is 2.34. The van der Waals surface area contributed by atoms with Crippen LogP contribution in [0.25, 0.3) is 11.1 Å². The summed E-state index contributed by atoms with van der Waals surface area (Å²) in [7, 11) is 1.77. The number of benzene rings is 1. The van der Waals surface area contributed by atoms with Gasteiger partial charge in [0.25, 0.3) is 5.91 Å². The molecule has 5 heteroatoms. The molecule has 0 unspecified atom stereocenters. The van der Waals surface area contributed by atoms with Gasteiger partial charge in [-0.05, 0) is 36.8 Å². The number of furan rings is 1. The molecule has 0 aliphatic rings. The number of hydrogen-bond acceptors (Lipinski definition) is 3. The molecule has 0 bridgehead atoms. The first-order valence-electron chi connectivity index (χ1n) is 7.03. The summed E-state index contributed by atoms with van der Waals surface area (Å²) < 4.78 is 5.52. The van der Waals surface area contributed by atoms with Gasteiger partial charge < -0.3 is 9.32 Å². The van der Waals surface area contributed by atoms with Crippen molar-refractivity contribution in [1.29, 1.82) is 0 Å². The van der Waals surface area contributed by atoms with Crippen LogP contribution in [0.2, 0.25) is 0 Å². The molecule has 0 fully saturated rings. The molecule has 0 radical (unpaired) electrons. The Hall–Kier alpha value is -2.82. The number of aryl methyl sites for hydroxylation is 1. The van der Waals surface area contributed by atoms with Crippen LogP contribution in [0.1, 0.15) is 21.9 Å².